The minimum Gasteiger partial charge on any atom is -0.497 e. The maximum atomic E-state index is 12.6. The van der Waals surface area contributed by atoms with E-state index in [1.165, 1.54) is 7.11 Å². The molecule has 0 fully saturated rings. The lowest BCUT2D eigenvalue weighted by Gasteiger charge is -2.18. The first kappa shape index (κ1) is 16.9. The summed E-state index contributed by atoms with van der Waals surface area (Å²) in [5.41, 5.74) is 3.19. The molecule has 0 aliphatic carbocycles. The fourth-order valence-electron chi connectivity index (χ4n) is 1.33. The number of hydrogen-bond acceptors (Lipinski definition) is 2. The summed E-state index contributed by atoms with van der Waals surface area (Å²) in [5.74, 6) is -0.0671. The van der Waals surface area contributed by atoms with E-state index in [1.807, 2.05) is 0 Å². The highest BCUT2D eigenvalue weighted by Gasteiger charge is 2.36. The van der Waals surface area contributed by atoms with Crippen LogP contribution in [0.15, 0.2) is 18.2 Å². The van der Waals surface area contributed by atoms with Gasteiger partial charge in [-0.15, -0.1) is 12.4 Å². The third kappa shape index (κ3) is 3.71. The van der Waals surface area contributed by atoms with Crippen molar-refractivity contribution < 1.29 is 26.7 Å². The van der Waals surface area contributed by atoms with E-state index in [1.54, 1.807) is 0 Å². The predicted molar refractivity (Wildman–Crippen MR) is 58.2 cm³/mol. The fraction of sp³-hybridized carbons (Fsp3) is 0.400. The quantitative estimate of drug-likeness (QED) is 0.866. The molecule has 0 spiro atoms. The molecule has 0 aliphatic rings. The van der Waals surface area contributed by atoms with Crippen LogP contribution < -0.4 is 10.5 Å². The Morgan fingerprint density at radius 3 is 2.17 bits per heavy atom. The molecule has 0 bridgehead atoms. The molecule has 0 amide bonds. The Bertz CT molecular complexity index is 396. The Kier molecular flexibility index (Phi) is 5.82. The van der Waals surface area contributed by atoms with E-state index >= 15 is 0 Å². The normalized spacial score (nSPS) is 13.1. The Labute approximate surface area is 106 Å². The van der Waals surface area contributed by atoms with Crippen molar-refractivity contribution in [1.82, 2.24) is 0 Å². The van der Waals surface area contributed by atoms with Gasteiger partial charge in [0.15, 0.2) is 0 Å². The highest BCUT2D eigenvalue weighted by Crippen LogP contribution is 2.37. The molecule has 0 radical (unpaired) electrons. The van der Waals surface area contributed by atoms with Gasteiger partial charge in [-0.25, -0.2) is 8.78 Å². The van der Waals surface area contributed by atoms with Crippen LogP contribution in [0.1, 0.15) is 17.2 Å². The molecule has 0 aliphatic heterocycles. The zero-order chi connectivity index (χ0) is 13.2. The Balaban J connectivity index is 0.00000289. The van der Waals surface area contributed by atoms with Crippen LogP contribution in [-0.2, 0) is 6.18 Å². The third-order valence-corrected chi connectivity index (χ3v) is 2.20. The van der Waals surface area contributed by atoms with Crippen molar-refractivity contribution in [2.75, 3.05) is 7.11 Å². The van der Waals surface area contributed by atoms with E-state index < -0.39 is 29.8 Å². The molecule has 1 atom stereocenters. The number of benzene rings is 1. The van der Waals surface area contributed by atoms with E-state index in [4.69, 9.17) is 5.73 Å². The molecule has 2 N–H and O–H groups in total. The van der Waals surface area contributed by atoms with Gasteiger partial charge in [-0.1, -0.05) is 6.07 Å². The van der Waals surface area contributed by atoms with Gasteiger partial charge in [0.25, 0.3) is 6.43 Å². The van der Waals surface area contributed by atoms with Crippen LogP contribution in [0, 0.1) is 0 Å². The molecule has 1 rings (SSSR count). The van der Waals surface area contributed by atoms with Crippen LogP contribution in [0.4, 0.5) is 22.0 Å². The van der Waals surface area contributed by atoms with Gasteiger partial charge < -0.3 is 10.5 Å². The fourth-order valence-corrected chi connectivity index (χ4v) is 1.33. The molecule has 1 aromatic carbocycles. The van der Waals surface area contributed by atoms with Crippen molar-refractivity contribution in [2.24, 2.45) is 5.73 Å². The topological polar surface area (TPSA) is 35.2 Å². The zero-order valence-electron chi connectivity index (χ0n) is 9.17. The summed E-state index contributed by atoms with van der Waals surface area (Å²) < 4.78 is 67.2. The van der Waals surface area contributed by atoms with Crippen LogP contribution in [0.3, 0.4) is 0 Å². The summed E-state index contributed by atoms with van der Waals surface area (Å²) in [5, 5.41) is 0. The van der Waals surface area contributed by atoms with Gasteiger partial charge in [-0.3, -0.25) is 0 Å². The molecule has 8 heteroatoms. The molecule has 0 aromatic heterocycles. The van der Waals surface area contributed by atoms with Crippen molar-refractivity contribution in [1.29, 1.82) is 0 Å². The van der Waals surface area contributed by atoms with Crippen molar-refractivity contribution in [3.8, 4) is 5.75 Å². The minimum atomic E-state index is -4.75. The number of alkyl halides is 5. The van der Waals surface area contributed by atoms with E-state index in [-0.39, 0.29) is 18.2 Å². The Hall–Kier alpha value is -1.08. The van der Waals surface area contributed by atoms with E-state index in [2.05, 4.69) is 4.74 Å². The van der Waals surface area contributed by atoms with Crippen LogP contribution in [-0.4, -0.2) is 13.5 Å². The summed E-state index contributed by atoms with van der Waals surface area (Å²) in [6.07, 6.45) is -7.82. The summed E-state index contributed by atoms with van der Waals surface area (Å²) >= 11 is 0. The lowest BCUT2D eigenvalue weighted by Crippen LogP contribution is -2.23. The van der Waals surface area contributed by atoms with Gasteiger partial charge in [-0.2, -0.15) is 13.2 Å². The smallest absolute Gasteiger partial charge is 0.416 e. The molecular weight excluding hydrogens is 281 g/mol. The molecule has 1 aromatic rings. The number of hydrogen-bond donors (Lipinski definition) is 1. The molecule has 0 saturated heterocycles. The lowest BCUT2D eigenvalue weighted by molar-refractivity contribution is -0.138. The van der Waals surface area contributed by atoms with Crippen molar-refractivity contribution in [3.05, 3.63) is 29.3 Å². The van der Waals surface area contributed by atoms with Crippen LogP contribution >= 0.6 is 12.4 Å². The highest BCUT2D eigenvalue weighted by atomic mass is 35.5. The molecule has 0 saturated carbocycles. The second kappa shape index (κ2) is 6.19. The predicted octanol–water partition coefficient (Wildman–Crippen LogP) is 3.40. The van der Waals surface area contributed by atoms with Crippen molar-refractivity contribution in [3.63, 3.8) is 0 Å². The van der Waals surface area contributed by atoms with Gasteiger partial charge >= 0.3 is 6.18 Å². The summed E-state index contributed by atoms with van der Waals surface area (Å²) in [6, 6.07) is 0.737. The van der Waals surface area contributed by atoms with Crippen molar-refractivity contribution >= 4 is 12.4 Å². The molecule has 2 nitrogen and oxygen atoms in total. The van der Waals surface area contributed by atoms with Crippen LogP contribution in [0.2, 0.25) is 0 Å². The van der Waals surface area contributed by atoms with Crippen LogP contribution in [0.25, 0.3) is 0 Å². The SMILES string of the molecule is COc1ccc([C@@H](N)C(F)F)c(C(F)(F)F)c1.Cl. The second-order valence-electron chi connectivity index (χ2n) is 3.31. The first-order valence-electron chi connectivity index (χ1n) is 4.56. The average molecular weight is 292 g/mol. The van der Waals surface area contributed by atoms with Crippen LogP contribution in [0.5, 0.6) is 5.75 Å². The second-order valence-corrected chi connectivity index (χ2v) is 3.31. The number of ether oxygens (including phenoxy) is 1. The first-order chi connectivity index (χ1) is 7.77. The maximum Gasteiger partial charge on any atom is 0.416 e. The summed E-state index contributed by atoms with van der Waals surface area (Å²) in [4.78, 5) is 0. The molecule has 0 heterocycles. The largest absolute Gasteiger partial charge is 0.497 e. The number of rotatable bonds is 3. The number of halogens is 6. The maximum absolute atomic E-state index is 12.6. The van der Waals surface area contributed by atoms with Gasteiger partial charge in [0.05, 0.1) is 18.7 Å². The third-order valence-electron chi connectivity index (χ3n) is 2.20. The molecule has 18 heavy (non-hydrogen) atoms. The average Bonchev–Trinajstić information content (AvgIpc) is 2.26. The standard InChI is InChI=1S/C10H10F5NO.ClH/c1-17-5-2-3-6(8(16)9(11)12)7(4-5)10(13,14)15;/h2-4,8-9H,16H2,1H3;1H/t8-;/m1./s1. The van der Waals surface area contributed by atoms with E-state index in [9.17, 15) is 22.0 Å². The Morgan fingerprint density at radius 1 is 1.22 bits per heavy atom. The van der Waals surface area contributed by atoms with Gasteiger partial charge in [0.1, 0.15) is 5.75 Å². The monoisotopic (exact) mass is 291 g/mol. The van der Waals surface area contributed by atoms with Gasteiger partial charge in [-0.05, 0) is 17.7 Å². The van der Waals surface area contributed by atoms with Crippen molar-refractivity contribution in [2.45, 2.75) is 18.6 Å². The first-order valence-corrected chi connectivity index (χ1v) is 4.56. The molecule has 0 unspecified atom stereocenters. The van der Waals surface area contributed by atoms with Gasteiger partial charge in [0, 0.05) is 0 Å². The Morgan fingerprint density at radius 2 is 1.78 bits per heavy atom. The zero-order valence-corrected chi connectivity index (χ0v) is 9.99. The summed E-state index contributed by atoms with van der Waals surface area (Å²) in [7, 11) is 1.18. The number of methoxy groups -OCH3 is 1. The minimum absolute atomic E-state index is 0. The summed E-state index contributed by atoms with van der Waals surface area (Å²) in [6.45, 7) is 0. The van der Waals surface area contributed by atoms with Gasteiger partial charge in [0.2, 0.25) is 0 Å². The van der Waals surface area contributed by atoms with E-state index in [0.717, 1.165) is 12.1 Å². The molecule has 104 valence electrons. The highest BCUT2D eigenvalue weighted by molar-refractivity contribution is 5.85. The lowest BCUT2D eigenvalue weighted by atomic mass is 10.0. The van der Waals surface area contributed by atoms with E-state index in [0.29, 0.717) is 6.07 Å². The molecular formula is C10H11ClF5NO. The number of nitrogens with two attached hydrogens (primary N) is 1.